The van der Waals surface area contributed by atoms with Crippen molar-refractivity contribution in [2.45, 2.75) is 97.0 Å². The maximum atomic E-state index is 11.6. The van der Waals surface area contributed by atoms with Crippen LogP contribution in [0.15, 0.2) is 85.9 Å². The zero-order valence-corrected chi connectivity index (χ0v) is 31.7. The number of methoxy groups -OCH3 is 4. The first-order valence-electron chi connectivity index (χ1n) is 15.3. The Kier molecular flexibility index (Phi) is 28.0. The second-order valence-corrected chi connectivity index (χ2v) is 15.7. The van der Waals surface area contributed by atoms with Crippen LogP contribution in [-0.2, 0) is 37.7 Å². The average Bonchev–Trinajstić information content (AvgIpc) is 3.06. The molecule has 10 nitrogen and oxygen atoms in total. The van der Waals surface area contributed by atoms with E-state index in [0.717, 1.165) is 5.76 Å². The van der Waals surface area contributed by atoms with E-state index < -0.39 is 38.8 Å². The van der Waals surface area contributed by atoms with E-state index in [2.05, 4.69) is 63.7 Å². The quantitative estimate of drug-likeness (QED) is 0.0668. The van der Waals surface area contributed by atoms with Gasteiger partial charge in [-0.2, -0.15) is 0 Å². The molecule has 0 saturated heterocycles. The molecule has 0 fully saturated rings. The van der Waals surface area contributed by atoms with Gasteiger partial charge in [0.25, 0.3) is 0 Å². The Morgan fingerprint density at radius 3 is 1.62 bits per heavy atom. The van der Waals surface area contributed by atoms with Gasteiger partial charge in [0, 0.05) is 34.0 Å². The third-order valence-corrected chi connectivity index (χ3v) is 7.53. The second-order valence-electron chi connectivity index (χ2n) is 11.3. The highest BCUT2D eigenvalue weighted by atomic mass is 28.4. The lowest BCUT2D eigenvalue weighted by atomic mass is 9.90. The molecule has 1 aliphatic rings. The largest absolute Gasteiger partial charge is 0.544 e. The first-order chi connectivity index (χ1) is 22.0. The van der Waals surface area contributed by atoms with Crippen LogP contribution in [0.3, 0.4) is 0 Å². The monoisotopic (exact) mass is 682 g/mol. The third-order valence-electron chi connectivity index (χ3n) is 6.70. The maximum Gasteiger partial charge on any atom is 0.242 e. The maximum absolute atomic E-state index is 11.6. The second kappa shape index (κ2) is 27.1. The fraction of sp³-hybridized carbons (Fsp3) is 0.556. The van der Waals surface area contributed by atoms with Crippen molar-refractivity contribution in [3.8, 4) is 0 Å². The summed E-state index contributed by atoms with van der Waals surface area (Å²) in [4.78, 5) is 21.4. The normalized spacial score (nSPS) is 20.1. The van der Waals surface area contributed by atoms with Crippen molar-refractivity contribution in [1.82, 2.24) is 0 Å². The third kappa shape index (κ3) is 19.5. The van der Waals surface area contributed by atoms with Crippen LogP contribution < -0.4 is 0 Å². The summed E-state index contributed by atoms with van der Waals surface area (Å²) in [6, 6.07) is 0. The van der Waals surface area contributed by atoms with Gasteiger partial charge in [-0.3, -0.25) is 4.79 Å². The molecule has 270 valence electrons. The van der Waals surface area contributed by atoms with E-state index in [1.807, 2.05) is 26.8 Å². The fourth-order valence-corrected chi connectivity index (χ4v) is 4.72. The van der Waals surface area contributed by atoms with E-state index in [4.69, 9.17) is 23.4 Å². The molecule has 2 N–H and O–H groups in total. The van der Waals surface area contributed by atoms with Gasteiger partial charge in [-0.15, -0.1) is 26.3 Å². The number of ketones is 1. The zero-order valence-electron chi connectivity index (χ0n) is 30.7. The van der Waals surface area contributed by atoms with Crippen molar-refractivity contribution in [3.05, 3.63) is 85.9 Å². The molecule has 8 atom stereocenters. The minimum Gasteiger partial charge on any atom is -0.544 e. The molecule has 1 rings (SSSR count). The van der Waals surface area contributed by atoms with Crippen LogP contribution in [0.4, 0.5) is 0 Å². The number of aldehydes is 1. The molecule has 0 aromatic heterocycles. The van der Waals surface area contributed by atoms with Crippen LogP contribution >= 0.6 is 0 Å². The van der Waals surface area contributed by atoms with E-state index in [1.54, 1.807) is 20.1 Å². The number of hydrogen-bond acceptors (Lipinski definition) is 10. The predicted molar refractivity (Wildman–Crippen MR) is 192 cm³/mol. The van der Waals surface area contributed by atoms with Gasteiger partial charge in [-0.1, -0.05) is 37.3 Å². The molecule has 0 saturated carbocycles. The van der Waals surface area contributed by atoms with Crippen molar-refractivity contribution in [2.24, 2.45) is 5.92 Å². The Morgan fingerprint density at radius 1 is 0.872 bits per heavy atom. The zero-order chi connectivity index (χ0) is 37.3. The standard InChI is InChI=1S/C11H16O3.C10H18O4.C10H20OSi.C5H8O2/c1-5-9(13-4)11-8(3)10(12)7(2)6-14-11;1-5-7(13-3)9(11)10(12)8(6-2)14-4;1-7-9(3)10(8-2)11-12(4,5)6;1-3-5(4-6)7-2/h5-6,8-9,11H,1H2,2-4H3;5-12H,1-2H2,3-4H3;7-8H,1-6H3;3-5H,1H2,2H3/b;;9-7+,10-8-;/t8-,9+,11?;7-,8-,9-,10-;;5-/m10.0/s1. The number of rotatable bonds is 16. The van der Waals surface area contributed by atoms with Gasteiger partial charge >= 0.3 is 0 Å². The fourth-order valence-electron chi connectivity index (χ4n) is 3.78. The molecule has 11 heteroatoms. The lowest BCUT2D eigenvalue weighted by Gasteiger charge is -2.31. The SMILES string of the molecule is C/C=C(O[Si](C)(C)C)/C(C)=C/C.C=C[C@@H](C=O)OC.C=C[C@H](OC)C1OC=C(C)C(=O)[C@H]1C.C=C[C@H](OC)[C@H](O)[C@@H](O)[C@H](C=C)OC. The Bertz CT molecular complexity index is 999. The number of carbonyl (C=O) groups is 2. The number of hydrogen-bond donors (Lipinski definition) is 2. The summed E-state index contributed by atoms with van der Waals surface area (Å²) in [5, 5.41) is 19.3. The van der Waals surface area contributed by atoms with Crippen LogP contribution in [-0.4, -0.2) is 102 Å². The molecule has 0 aromatic rings. The Balaban J connectivity index is -0.000000564. The molecule has 1 aliphatic heterocycles. The summed E-state index contributed by atoms with van der Waals surface area (Å²) in [6.45, 7) is 30.3. The Labute approximate surface area is 285 Å². The Hall–Kier alpha value is -2.90. The molecule has 47 heavy (non-hydrogen) atoms. The predicted octanol–water partition coefficient (Wildman–Crippen LogP) is 5.90. The number of Topliss-reactive ketones (excluding diaryl/α,β-unsaturated/α-hetero) is 1. The van der Waals surface area contributed by atoms with Gasteiger partial charge in [-0.25, -0.2) is 0 Å². The summed E-state index contributed by atoms with van der Waals surface area (Å²) in [5.41, 5.74) is 1.88. The van der Waals surface area contributed by atoms with Crippen LogP contribution in [0.2, 0.25) is 19.6 Å². The van der Waals surface area contributed by atoms with Crippen molar-refractivity contribution in [2.75, 3.05) is 28.4 Å². The molecular weight excluding hydrogens is 620 g/mol. The highest BCUT2D eigenvalue weighted by Gasteiger charge is 2.34. The molecule has 1 heterocycles. The summed E-state index contributed by atoms with van der Waals surface area (Å²) in [5.74, 6) is 0.977. The average molecular weight is 683 g/mol. The van der Waals surface area contributed by atoms with Gasteiger partial charge in [0.1, 0.15) is 48.5 Å². The van der Waals surface area contributed by atoms with Gasteiger partial charge in [0.2, 0.25) is 8.32 Å². The molecule has 0 bridgehead atoms. The van der Waals surface area contributed by atoms with Crippen LogP contribution in [0.1, 0.15) is 34.6 Å². The lowest BCUT2D eigenvalue weighted by molar-refractivity contribution is -0.128. The van der Waals surface area contributed by atoms with Gasteiger partial charge < -0.3 is 43.1 Å². The van der Waals surface area contributed by atoms with Crippen LogP contribution in [0, 0.1) is 5.92 Å². The van der Waals surface area contributed by atoms with Gasteiger partial charge in [0.05, 0.1) is 12.2 Å². The number of aliphatic hydroxyl groups excluding tert-OH is 2. The smallest absolute Gasteiger partial charge is 0.242 e. The molecular formula is C36H62O10Si. The number of aliphatic hydroxyl groups is 2. The number of allylic oxidation sites excluding steroid dienone is 4. The highest BCUT2D eigenvalue weighted by molar-refractivity contribution is 6.70. The molecule has 0 spiro atoms. The minimum atomic E-state index is -1.43. The number of carbonyl (C=O) groups excluding carboxylic acids is 2. The first kappa shape index (κ1) is 48.5. The van der Waals surface area contributed by atoms with E-state index >= 15 is 0 Å². The Morgan fingerprint density at radius 2 is 1.36 bits per heavy atom. The van der Waals surface area contributed by atoms with Crippen molar-refractivity contribution < 1.29 is 47.9 Å². The molecule has 0 aromatic carbocycles. The highest BCUT2D eigenvalue weighted by Crippen LogP contribution is 2.24. The summed E-state index contributed by atoms with van der Waals surface area (Å²) >= 11 is 0. The van der Waals surface area contributed by atoms with E-state index in [0.29, 0.717) is 11.9 Å². The van der Waals surface area contributed by atoms with Gasteiger partial charge in [0.15, 0.2) is 12.1 Å². The first-order valence-corrected chi connectivity index (χ1v) is 18.7. The van der Waals surface area contributed by atoms with Crippen molar-refractivity contribution in [3.63, 3.8) is 0 Å². The van der Waals surface area contributed by atoms with Crippen molar-refractivity contribution in [1.29, 1.82) is 0 Å². The topological polar surface area (TPSA) is 130 Å². The minimum absolute atomic E-state index is 0.116. The van der Waals surface area contributed by atoms with E-state index in [1.165, 1.54) is 51.4 Å². The number of ether oxygens (including phenoxy) is 5. The molecule has 0 amide bonds. The summed E-state index contributed by atoms with van der Waals surface area (Å²) in [6.07, 6.45) is 7.90. The van der Waals surface area contributed by atoms with Gasteiger partial charge in [-0.05, 0) is 59.0 Å². The molecule has 0 aliphatic carbocycles. The molecule has 1 unspecified atom stereocenters. The molecule has 0 radical (unpaired) electrons. The lowest BCUT2D eigenvalue weighted by Crippen LogP contribution is -2.44. The van der Waals surface area contributed by atoms with Crippen LogP contribution in [0.25, 0.3) is 0 Å². The van der Waals surface area contributed by atoms with E-state index in [-0.39, 0.29) is 23.9 Å². The van der Waals surface area contributed by atoms with E-state index in [9.17, 15) is 19.8 Å². The van der Waals surface area contributed by atoms with Crippen LogP contribution in [0.5, 0.6) is 0 Å². The summed E-state index contributed by atoms with van der Waals surface area (Å²) in [7, 11) is 4.47. The van der Waals surface area contributed by atoms with Crippen molar-refractivity contribution >= 4 is 20.4 Å². The summed E-state index contributed by atoms with van der Waals surface area (Å²) < 4.78 is 30.8.